The highest BCUT2D eigenvalue weighted by atomic mass is 32.2. The summed E-state index contributed by atoms with van der Waals surface area (Å²) < 4.78 is 39.0. The van der Waals surface area contributed by atoms with E-state index in [-0.39, 0.29) is 16.3 Å². The number of ether oxygens (including phenoxy) is 2. The molecule has 4 aromatic rings. The first-order valence-electron chi connectivity index (χ1n) is 9.92. The quantitative estimate of drug-likeness (QED) is 0.423. The van der Waals surface area contributed by atoms with Crippen LogP contribution in [-0.4, -0.2) is 33.5 Å². The van der Waals surface area contributed by atoms with Crippen molar-refractivity contribution >= 4 is 38.2 Å². The molecular formula is C24H21N3O5S. The van der Waals surface area contributed by atoms with Crippen LogP contribution in [0.3, 0.4) is 0 Å². The number of para-hydroxylation sites is 3. The molecule has 9 heteroatoms. The molecule has 1 amide bonds. The number of benzene rings is 3. The standard InChI is InChI=1S/C24H21N3O5S/c1-31-22-10-6-5-9-19(22)27-33(29,30)17-12-14-23(32-2)21(15-17)26-24(28)20-13-11-16-7-3-4-8-18(16)25-20/h3-15,27H,1-2H3,(H,26,28). The Morgan fingerprint density at radius 2 is 1.52 bits per heavy atom. The molecule has 0 aliphatic rings. The summed E-state index contributed by atoms with van der Waals surface area (Å²) in [6, 6.07) is 21.7. The summed E-state index contributed by atoms with van der Waals surface area (Å²) in [7, 11) is -1.09. The summed E-state index contributed by atoms with van der Waals surface area (Å²) in [5.74, 6) is 0.192. The van der Waals surface area contributed by atoms with Crippen molar-refractivity contribution in [1.82, 2.24) is 4.98 Å². The van der Waals surface area contributed by atoms with E-state index in [9.17, 15) is 13.2 Å². The third-order valence-electron chi connectivity index (χ3n) is 4.91. The first-order chi connectivity index (χ1) is 15.9. The van der Waals surface area contributed by atoms with Crippen molar-refractivity contribution < 1.29 is 22.7 Å². The number of nitrogens with zero attached hydrogens (tertiary/aromatic N) is 1. The van der Waals surface area contributed by atoms with Gasteiger partial charge in [0.1, 0.15) is 17.2 Å². The highest BCUT2D eigenvalue weighted by Gasteiger charge is 2.20. The second-order valence-corrected chi connectivity index (χ2v) is 8.69. The second kappa shape index (κ2) is 9.17. The monoisotopic (exact) mass is 463 g/mol. The van der Waals surface area contributed by atoms with Crippen LogP contribution in [0.15, 0.2) is 83.8 Å². The van der Waals surface area contributed by atoms with E-state index in [0.717, 1.165) is 5.39 Å². The van der Waals surface area contributed by atoms with Crippen LogP contribution in [0.2, 0.25) is 0 Å². The van der Waals surface area contributed by atoms with E-state index in [4.69, 9.17) is 9.47 Å². The van der Waals surface area contributed by atoms with Gasteiger partial charge in [-0.25, -0.2) is 13.4 Å². The first kappa shape index (κ1) is 22.1. The van der Waals surface area contributed by atoms with E-state index in [2.05, 4.69) is 15.0 Å². The maximum absolute atomic E-state index is 13.0. The summed E-state index contributed by atoms with van der Waals surface area (Å²) in [5, 5.41) is 3.60. The number of rotatable bonds is 7. The topological polar surface area (TPSA) is 107 Å². The van der Waals surface area contributed by atoms with E-state index in [1.807, 2.05) is 24.3 Å². The van der Waals surface area contributed by atoms with E-state index < -0.39 is 15.9 Å². The van der Waals surface area contributed by atoms with Crippen molar-refractivity contribution in [2.75, 3.05) is 24.3 Å². The Morgan fingerprint density at radius 3 is 2.30 bits per heavy atom. The Kier molecular flexibility index (Phi) is 6.14. The maximum Gasteiger partial charge on any atom is 0.274 e. The Balaban J connectivity index is 1.64. The Hall–Kier alpha value is -4.11. The van der Waals surface area contributed by atoms with Crippen LogP contribution >= 0.6 is 0 Å². The van der Waals surface area contributed by atoms with Gasteiger partial charge >= 0.3 is 0 Å². The summed E-state index contributed by atoms with van der Waals surface area (Å²) >= 11 is 0. The van der Waals surface area contributed by atoms with Gasteiger partial charge in [0, 0.05) is 5.39 Å². The fraction of sp³-hybridized carbons (Fsp3) is 0.0833. The first-order valence-corrected chi connectivity index (χ1v) is 11.4. The summed E-state index contributed by atoms with van der Waals surface area (Å²) in [4.78, 5) is 17.2. The molecule has 0 unspecified atom stereocenters. The van der Waals surface area contributed by atoms with Gasteiger partial charge in [-0.3, -0.25) is 9.52 Å². The van der Waals surface area contributed by atoms with Gasteiger partial charge in [-0.15, -0.1) is 0 Å². The van der Waals surface area contributed by atoms with Gasteiger partial charge in [-0.05, 0) is 42.5 Å². The lowest BCUT2D eigenvalue weighted by Gasteiger charge is -2.14. The summed E-state index contributed by atoms with van der Waals surface area (Å²) in [6.07, 6.45) is 0. The van der Waals surface area contributed by atoms with Crippen molar-refractivity contribution in [2.45, 2.75) is 4.90 Å². The van der Waals surface area contributed by atoms with Gasteiger partial charge in [-0.2, -0.15) is 0 Å². The SMILES string of the molecule is COc1ccc(S(=O)(=O)Nc2ccccc2OC)cc1NC(=O)c1ccc2ccccc2n1. The van der Waals surface area contributed by atoms with E-state index in [0.29, 0.717) is 22.7 Å². The third kappa shape index (κ3) is 4.73. The zero-order valence-electron chi connectivity index (χ0n) is 17.9. The van der Waals surface area contributed by atoms with Gasteiger partial charge in [0.2, 0.25) is 0 Å². The molecule has 4 rings (SSSR count). The predicted molar refractivity (Wildman–Crippen MR) is 126 cm³/mol. The highest BCUT2D eigenvalue weighted by molar-refractivity contribution is 7.92. The van der Waals surface area contributed by atoms with Crippen molar-refractivity contribution in [3.05, 3.63) is 84.6 Å². The molecule has 0 radical (unpaired) electrons. The summed E-state index contributed by atoms with van der Waals surface area (Å²) in [6.45, 7) is 0. The molecule has 0 aliphatic carbocycles. The van der Waals surface area contributed by atoms with Crippen LogP contribution in [0.25, 0.3) is 10.9 Å². The molecule has 0 saturated carbocycles. The van der Waals surface area contributed by atoms with Crippen LogP contribution in [0, 0.1) is 0 Å². The zero-order valence-corrected chi connectivity index (χ0v) is 18.7. The largest absolute Gasteiger partial charge is 0.495 e. The molecular weight excluding hydrogens is 442 g/mol. The molecule has 2 N–H and O–H groups in total. The van der Waals surface area contributed by atoms with Crippen LogP contribution < -0.4 is 19.5 Å². The van der Waals surface area contributed by atoms with Gasteiger partial charge in [0.05, 0.1) is 36.0 Å². The zero-order chi connectivity index (χ0) is 23.4. The Bertz CT molecular complexity index is 1440. The molecule has 0 spiro atoms. The number of hydrogen-bond donors (Lipinski definition) is 2. The van der Waals surface area contributed by atoms with Gasteiger partial charge < -0.3 is 14.8 Å². The minimum atomic E-state index is -3.98. The van der Waals surface area contributed by atoms with Crippen molar-refractivity contribution in [1.29, 1.82) is 0 Å². The molecule has 3 aromatic carbocycles. The molecule has 0 bridgehead atoms. The number of aromatic nitrogens is 1. The number of pyridine rings is 1. The summed E-state index contributed by atoms with van der Waals surface area (Å²) in [5.41, 5.74) is 1.35. The van der Waals surface area contributed by atoms with Gasteiger partial charge in [0.15, 0.2) is 0 Å². The molecule has 0 saturated heterocycles. The van der Waals surface area contributed by atoms with Crippen molar-refractivity contribution in [2.24, 2.45) is 0 Å². The fourth-order valence-corrected chi connectivity index (χ4v) is 4.36. The molecule has 33 heavy (non-hydrogen) atoms. The Morgan fingerprint density at radius 1 is 0.818 bits per heavy atom. The molecule has 1 aromatic heterocycles. The number of amides is 1. The fourth-order valence-electron chi connectivity index (χ4n) is 3.26. The lowest BCUT2D eigenvalue weighted by Crippen LogP contribution is -2.17. The average Bonchev–Trinajstić information content (AvgIpc) is 2.83. The highest BCUT2D eigenvalue weighted by Crippen LogP contribution is 2.31. The minimum absolute atomic E-state index is 0.0593. The number of carbonyl (C=O) groups is 1. The minimum Gasteiger partial charge on any atom is -0.495 e. The molecule has 1 heterocycles. The van der Waals surface area contributed by atoms with E-state index in [1.165, 1.54) is 32.4 Å². The second-order valence-electron chi connectivity index (χ2n) is 7.01. The van der Waals surface area contributed by atoms with Gasteiger partial charge in [0.25, 0.3) is 15.9 Å². The number of hydrogen-bond acceptors (Lipinski definition) is 6. The number of carbonyl (C=O) groups excluding carboxylic acids is 1. The molecule has 0 aliphatic heterocycles. The molecule has 0 atom stereocenters. The number of fused-ring (bicyclic) bond motifs is 1. The number of anilines is 2. The Labute approximate surface area is 191 Å². The molecule has 168 valence electrons. The van der Waals surface area contributed by atoms with Crippen LogP contribution in [0.4, 0.5) is 11.4 Å². The van der Waals surface area contributed by atoms with Crippen LogP contribution in [0.5, 0.6) is 11.5 Å². The number of methoxy groups -OCH3 is 2. The lowest BCUT2D eigenvalue weighted by molar-refractivity contribution is 0.102. The normalized spacial score (nSPS) is 11.1. The number of nitrogens with one attached hydrogen (secondary N) is 2. The van der Waals surface area contributed by atoms with Crippen LogP contribution in [0.1, 0.15) is 10.5 Å². The molecule has 0 fully saturated rings. The van der Waals surface area contributed by atoms with Crippen LogP contribution in [-0.2, 0) is 10.0 Å². The van der Waals surface area contributed by atoms with E-state index in [1.54, 1.807) is 36.4 Å². The van der Waals surface area contributed by atoms with Gasteiger partial charge in [-0.1, -0.05) is 36.4 Å². The lowest BCUT2D eigenvalue weighted by atomic mass is 10.2. The smallest absolute Gasteiger partial charge is 0.274 e. The van der Waals surface area contributed by atoms with Crippen molar-refractivity contribution in [3.63, 3.8) is 0 Å². The maximum atomic E-state index is 13.0. The van der Waals surface area contributed by atoms with Crippen molar-refractivity contribution in [3.8, 4) is 11.5 Å². The average molecular weight is 464 g/mol. The molecule has 8 nitrogen and oxygen atoms in total. The third-order valence-corrected chi connectivity index (χ3v) is 6.27. The predicted octanol–water partition coefficient (Wildman–Crippen LogP) is 4.31. The number of sulfonamides is 1. The van der Waals surface area contributed by atoms with E-state index >= 15 is 0 Å².